The lowest BCUT2D eigenvalue weighted by Gasteiger charge is -2.12. The fourth-order valence-electron chi connectivity index (χ4n) is 1.89. The lowest BCUT2D eigenvalue weighted by atomic mass is 9.92. The Morgan fingerprint density at radius 3 is 2.57 bits per heavy atom. The molecule has 2 aromatic rings. The van der Waals surface area contributed by atoms with Gasteiger partial charge in [0.1, 0.15) is 6.54 Å². The molecule has 0 unspecified atom stereocenters. The topological polar surface area (TPSA) is 90.0 Å². The zero-order valence-electron chi connectivity index (χ0n) is 14.1. The van der Waals surface area contributed by atoms with Gasteiger partial charge in [-0.1, -0.05) is 39.8 Å². The number of amides is 1. The molecule has 7 heteroatoms. The van der Waals surface area contributed by atoms with E-state index in [0.29, 0.717) is 5.69 Å². The highest BCUT2D eigenvalue weighted by atomic mass is 16.5. The second kappa shape index (κ2) is 6.36. The predicted molar refractivity (Wildman–Crippen MR) is 86.4 cm³/mol. The Labute approximate surface area is 134 Å². The SMILES string of the molecule is CC(C)c1cc(=O)n(CC(=O)Nc2cc(C(C)(C)C)no2)cn1. The summed E-state index contributed by atoms with van der Waals surface area (Å²) in [5, 5.41) is 6.52. The van der Waals surface area contributed by atoms with Crippen molar-refractivity contribution in [2.75, 3.05) is 5.32 Å². The molecule has 0 radical (unpaired) electrons. The molecule has 0 aliphatic rings. The van der Waals surface area contributed by atoms with E-state index in [1.807, 2.05) is 34.6 Å². The molecule has 0 atom stereocenters. The molecule has 1 amide bonds. The third-order valence-electron chi connectivity index (χ3n) is 3.35. The Kier molecular flexibility index (Phi) is 4.68. The number of rotatable bonds is 4. The molecule has 0 saturated carbocycles. The Balaban J connectivity index is 2.05. The molecule has 0 saturated heterocycles. The molecule has 0 aliphatic heterocycles. The summed E-state index contributed by atoms with van der Waals surface area (Å²) in [4.78, 5) is 28.2. The number of nitrogens with zero attached hydrogens (tertiary/aromatic N) is 3. The van der Waals surface area contributed by atoms with Gasteiger partial charge < -0.3 is 4.52 Å². The summed E-state index contributed by atoms with van der Waals surface area (Å²) < 4.78 is 6.35. The van der Waals surface area contributed by atoms with E-state index in [-0.39, 0.29) is 35.2 Å². The van der Waals surface area contributed by atoms with Gasteiger partial charge in [0.2, 0.25) is 11.8 Å². The maximum Gasteiger partial charge on any atom is 0.254 e. The lowest BCUT2D eigenvalue weighted by Crippen LogP contribution is -2.28. The van der Waals surface area contributed by atoms with Crippen LogP contribution in [0.2, 0.25) is 0 Å². The van der Waals surface area contributed by atoms with Crippen molar-refractivity contribution < 1.29 is 9.32 Å². The second-order valence-corrected chi connectivity index (χ2v) is 6.81. The van der Waals surface area contributed by atoms with E-state index in [1.54, 1.807) is 6.07 Å². The molecular formula is C16H22N4O3. The quantitative estimate of drug-likeness (QED) is 0.934. The largest absolute Gasteiger partial charge is 0.338 e. The van der Waals surface area contributed by atoms with Gasteiger partial charge in [0.05, 0.1) is 17.7 Å². The monoisotopic (exact) mass is 318 g/mol. The maximum absolute atomic E-state index is 12.0. The van der Waals surface area contributed by atoms with Crippen LogP contribution in [0.5, 0.6) is 0 Å². The van der Waals surface area contributed by atoms with Gasteiger partial charge in [-0.05, 0) is 5.92 Å². The van der Waals surface area contributed by atoms with E-state index in [2.05, 4.69) is 15.5 Å². The number of nitrogens with one attached hydrogen (secondary N) is 1. The van der Waals surface area contributed by atoms with Crippen LogP contribution < -0.4 is 10.9 Å². The third kappa shape index (κ3) is 4.28. The first kappa shape index (κ1) is 16.9. The first-order valence-electron chi connectivity index (χ1n) is 7.50. The summed E-state index contributed by atoms with van der Waals surface area (Å²) in [5.74, 6) is 0.0544. The number of hydrogen-bond acceptors (Lipinski definition) is 5. The van der Waals surface area contributed by atoms with E-state index >= 15 is 0 Å². The third-order valence-corrected chi connectivity index (χ3v) is 3.35. The summed E-state index contributed by atoms with van der Waals surface area (Å²) in [6.07, 6.45) is 1.39. The molecule has 0 spiro atoms. The smallest absolute Gasteiger partial charge is 0.254 e. The van der Waals surface area contributed by atoms with Crippen molar-refractivity contribution in [2.24, 2.45) is 0 Å². The van der Waals surface area contributed by atoms with E-state index < -0.39 is 0 Å². The molecule has 2 aromatic heterocycles. The maximum atomic E-state index is 12.0. The van der Waals surface area contributed by atoms with E-state index in [4.69, 9.17) is 4.52 Å². The summed E-state index contributed by atoms with van der Waals surface area (Å²) >= 11 is 0. The average molecular weight is 318 g/mol. The van der Waals surface area contributed by atoms with Crippen molar-refractivity contribution in [2.45, 2.75) is 52.5 Å². The minimum absolute atomic E-state index is 0.129. The van der Waals surface area contributed by atoms with Gasteiger partial charge in [-0.3, -0.25) is 19.5 Å². The van der Waals surface area contributed by atoms with Gasteiger partial charge in [-0.2, -0.15) is 0 Å². The van der Waals surface area contributed by atoms with Crippen molar-refractivity contribution >= 4 is 11.8 Å². The van der Waals surface area contributed by atoms with Crippen LogP contribution in [0.3, 0.4) is 0 Å². The first-order valence-corrected chi connectivity index (χ1v) is 7.50. The van der Waals surface area contributed by atoms with Crippen molar-refractivity contribution in [1.29, 1.82) is 0 Å². The van der Waals surface area contributed by atoms with Gasteiger partial charge in [-0.15, -0.1) is 0 Å². The molecule has 2 rings (SSSR count). The van der Waals surface area contributed by atoms with Crippen LogP contribution in [0, 0.1) is 0 Å². The molecule has 0 fully saturated rings. The van der Waals surface area contributed by atoms with E-state index in [9.17, 15) is 9.59 Å². The van der Waals surface area contributed by atoms with Gasteiger partial charge in [0, 0.05) is 17.5 Å². The van der Waals surface area contributed by atoms with Crippen molar-refractivity contribution in [1.82, 2.24) is 14.7 Å². The number of carbonyl (C=O) groups excluding carboxylic acids is 1. The molecule has 1 N–H and O–H groups in total. The summed E-state index contributed by atoms with van der Waals surface area (Å²) in [7, 11) is 0. The molecule has 2 heterocycles. The van der Waals surface area contributed by atoms with Crippen LogP contribution in [0.25, 0.3) is 0 Å². The molecule has 124 valence electrons. The number of anilines is 1. The fourth-order valence-corrected chi connectivity index (χ4v) is 1.89. The van der Waals surface area contributed by atoms with Crippen LogP contribution in [0.1, 0.15) is 51.9 Å². The Morgan fingerprint density at radius 1 is 1.35 bits per heavy atom. The Bertz CT molecular complexity index is 753. The van der Waals surface area contributed by atoms with Crippen molar-refractivity contribution in [3.63, 3.8) is 0 Å². The standard InChI is InChI=1S/C16H22N4O3/c1-10(2)11-6-15(22)20(9-17-11)8-13(21)18-14-7-12(19-23-14)16(3,4)5/h6-7,9-10H,8H2,1-5H3,(H,18,21). The second-order valence-electron chi connectivity index (χ2n) is 6.81. The molecular weight excluding hydrogens is 296 g/mol. The molecule has 0 bridgehead atoms. The summed E-state index contributed by atoms with van der Waals surface area (Å²) in [6, 6.07) is 3.13. The number of aromatic nitrogens is 3. The van der Waals surface area contributed by atoms with Crippen LogP contribution in [0.15, 0.2) is 27.8 Å². The Hall–Kier alpha value is -2.44. The van der Waals surface area contributed by atoms with Gasteiger partial charge in [0.25, 0.3) is 5.56 Å². The van der Waals surface area contributed by atoms with Crippen LogP contribution in [-0.2, 0) is 16.8 Å². The Morgan fingerprint density at radius 2 is 2.04 bits per heavy atom. The van der Waals surface area contributed by atoms with Gasteiger partial charge in [-0.25, -0.2) is 4.98 Å². The highest BCUT2D eigenvalue weighted by molar-refractivity contribution is 5.89. The van der Waals surface area contributed by atoms with Crippen molar-refractivity contribution in [3.05, 3.63) is 40.2 Å². The van der Waals surface area contributed by atoms with Crippen molar-refractivity contribution in [3.8, 4) is 0 Å². The van der Waals surface area contributed by atoms with Crippen LogP contribution in [0.4, 0.5) is 5.88 Å². The zero-order chi connectivity index (χ0) is 17.2. The van der Waals surface area contributed by atoms with E-state index in [0.717, 1.165) is 5.69 Å². The normalized spacial score (nSPS) is 11.7. The summed E-state index contributed by atoms with van der Waals surface area (Å²) in [6.45, 7) is 9.77. The molecule has 0 aromatic carbocycles. The van der Waals surface area contributed by atoms with Crippen LogP contribution in [-0.4, -0.2) is 20.6 Å². The average Bonchev–Trinajstić information content (AvgIpc) is 2.89. The lowest BCUT2D eigenvalue weighted by molar-refractivity contribution is -0.116. The fraction of sp³-hybridized carbons (Fsp3) is 0.500. The first-order chi connectivity index (χ1) is 10.7. The minimum Gasteiger partial charge on any atom is -0.338 e. The van der Waals surface area contributed by atoms with Crippen LogP contribution >= 0.6 is 0 Å². The zero-order valence-corrected chi connectivity index (χ0v) is 14.1. The van der Waals surface area contributed by atoms with Gasteiger partial charge in [0.15, 0.2) is 0 Å². The molecule has 0 aliphatic carbocycles. The predicted octanol–water partition coefficient (Wildman–Crippen LogP) is 2.29. The van der Waals surface area contributed by atoms with Gasteiger partial charge >= 0.3 is 0 Å². The number of hydrogen-bond donors (Lipinski definition) is 1. The molecule has 23 heavy (non-hydrogen) atoms. The highest BCUT2D eigenvalue weighted by Crippen LogP contribution is 2.23. The number of carbonyl (C=O) groups is 1. The highest BCUT2D eigenvalue weighted by Gasteiger charge is 2.19. The molecule has 7 nitrogen and oxygen atoms in total. The minimum atomic E-state index is -0.372. The summed E-state index contributed by atoms with van der Waals surface area (Å²) in [5.41, 5.74) is 1.02. The van der Waals surface area contributed by atoms with E-state index in [1.165, 1.54) is 17.0 Å².